The maximum absolute atomic E-state index is 12.6. The number of hydrogen-bond donors (Lipinski definition) is 1. The van der Waals surface area contributed by atoms with E-state index in [2.05, 4.69) is 46.4 Å². The average molecular weight is 345 g/mol. The Balaban J connectivity index is 1.77. The Kier molecular flexibility index (Phi) is 5.60. The van der Waals surface area contributed by atoms with Gasteiger partial charge in [-0.25, -0.2) is 4.98 Å². The molecule has 1 aromatic heterocycles. The van der Waals surface area contributed by atoms with Crippen molar-refractivity contribution in [3.05, 3.63) is 51.5 Å². The molecular formula is C18H23N3O2S. The average Bonchev–Trinajstić information content (AvgIpc) is 3.02. The number of benzene rings is 1. The van der Waals surface area contributed by atoms with Crippen LogP contribution in [0.15, 0.2) is 29.8 Å². The summed E-state index contributed by atoms with van der Waals surface area (Å²) in [6.45, 7) is 8.03. The van der Waals surface area contributed by atoms with Crippen molar-refractivity contribution >= 4 is 17.2 Å². The molecule has 0 saturated carbocycles. The van der Waals surface area contributed by atoms with E-state index in [-0.39, 0.29) is 11.9 Å². The highest BCUT2D eigenvalue weighted by Crippen LogP contribution is 2.19. The van der Waals surface area contributed by atoms with Crippen molar-refractivity contribution in [2.24, 2.45) is 0 Å². The molecule has 1 fully saturated rings. The summed E-state index contributed by atoms with van der Waals surface area (Å²) in [7, 11) is 0. The number of aromatic nitrogens is 1. The molecule has 1 atom stereocenters. The molecule has 0 radical (unpaired) electrons. The van der Waals surface area contributed by atoms with E-state index < -0.39 is 0 Å². The third kappa shape index (κ3) is 4.20. The van der Waals surface area contributed by atoms with E-state index in [4.69, 9.17) is 4.74 Å². The van der Waals surface area contributed by atoms with Crippen LogP contribution in [0, 0.1) is 13.8 Å². The number of nitrogens with one attached hydrogen (secondary N) is 1. The fourth-order valence-corrected chi connectivity index (χ4v) is 3.52. The summed E-state index contributed by atoms with van der Waals surface area (Å²) >= 11 is 1.39. The topological polar surface area (TPSA) is 54.5 Å². The van der Waals surface area contributed by atoms with Crippen LogP contribution in [0.2, 0.25) is 0 Å². The number of rotatable bonds is 5. The van der Waals surface area contributed by atoms with Crippen LogP contribution in [-0.2, 0) is 4.74 Å². The number of hydrogen-bond acceptors (Lipinski definition) is 5. The van der Waals surface area contributed by atoms with Gasteiger partial charge in [-0.2, -0.15) is 0 Å². The van der Waals surface area contributed by atoms with Gasteiger partial charge in [-0.05, 0) is 19.4 Å². The highest BCUT2D eigenvalue weighted by atomic mass is 32.1. The van der Waals surface area contributed by atoms with E-state index in [0.29, 0.717) is 4.88 Å². The Morgan fingerprint density at radius 3 is 2.62 bits per heavy atom. The number of carbonyl (C=O) groups excluding carboxylic acids is 1. The first-order valence-electron chi connectivity index (χ1n) is 8.21. The second-order valence-electron chi connectivity index (χ2n) is 6.12. The van der Waals surface area contributed by atoms with Gasteiger partial charge in [0.05, 0.1) is 30.5 Å². The summed E-state index contributed by atoms with van der Waals surface area (Å²) in [5, 5.41) is 3.19. The van der Waals surface area contributed by atoms with Gasteiger partial charge in [0, 0.05) is 19.6 Å². The van der Waals surface area contributed by atoms with Crippen LogP contribution in [0.4, 0.5) is 0 Å². The number of amides is 1. The SMILES string of the molecule is Cc1ccc([C@@H](CN2CCOCC2)NC(=O)c2scnc2C)cc1. The summed E-state index contributed by atoms with van der Waals surface area (Å²) in [5.41, 5.74) is 4.84. The molecule has 1 N–H and O–H groups in total. The molecule has 6 heteroatoms. The molecule has 2 heterocycles. The minimum absolute atomic E-state index is 0.0438. The zero-order valence-corrected chi connectivity index (χ0v) is 14.9. The summed E-state index contributed by atoms with van der Waals surface area (Å²) in [6, 6.07) is 8.33. The number of carbonyl (C=O) groups is 1. The molecular weight excluding hydrogens is 322 g/mol. The minimum Gasteiger partial charge on any atom is -0.379 e. The third-order valence-electron chi connectivity index (χ3n) is 4.28. The lowest BCUT2D eigenvalue weighted by Gasteiger charge is -2.31. The zero-order chi connectivity index (χ0) is 16.9. The molecule has 24 heavy (non-hydrogen) atoms. The molecule has 128 valence electrons. The molecule has 2 aromatic rings. The molecule has 1 amide bonds. The monoisotopic (exact) mass is 345 g/mol. The number of nitrogens with zero attached hydrogens (tertiary/aromatic N) is 2. The number of aryl methyl sites for hydroxylation is 2. The van der Waals surface area contributed by atoms with Crippen LogP contribution in [0.5, 0.6) is 0 Å². The highest BCUT2D eigenvalue weighted by Gasteiger charge is 2.22. The molecule has 1 aromatic carbocycles. The van der Waals surface area contributed by atoms with Gasteiger partial charge in [0.2, 0.25) is 0 Å². The first-order chi connectivity index (χ1) is 11.6. The summed E-state index contributed by atoms with van der Waals surface area (Å²) in [6.07, 6.45) is 0. The first kappa shape index (κ1) is 17.1. The molecule has 0 aliphatic carbocycles. The van der Waals surface area contributed by atoms with Crippen molar-refractivity contribution in [1.29, 1.82) is 0 Å². The molecule has 1 saturated heterocycles. The van der Waals surface area contributed by atoms with Crippen molar-refractivity contribution in [3.63, 3.8) is 0 Å². The lowest BCUT2D eigenvalue weighted by molar-refractivity contribution is 0.0332. The van der Waals surface area contributed by atoms with Crippen LogP contribution in [0.1, 0.15) is 32.5 Å². The fourth-order valence-electron chi connectivity index (χ4n) is 2.82. The lowest BCUT2D eigenvalue weighted by atomic mass is 10.0. The van der Waals surface area contributed by atoms with Crippen molar-refractivity contribution in [1.82, 2.24) is 15.2 Å². The maximum Gasteiger partial charge on any atom is 0.263 e. The van der Waals surface area contributed by atoms with Crippen LogP contribution >= 0.6 is 11.3 Å². The summed E-state index contributed by atoms with van der Waals surface area (Å²) < 4.78 is 5.42. The number of thiazole rings is 1. The Hall–Kier alpha value is -1.76. The predicted molar refractivity (Wildman–Crippen MR) is 95.5 cm³/mol. The van der Waals surface area contributed by atoms with E-state index in [0.717, 1.165) is 44.1 Å². The normalized spacial score (nSPS) is 16.8. The summed E-state index contributed by atoms with van der Waals surface area (Å²) in [5.74, 6) is -0.0474. The van der Waals surface area contributed by atoms with Gasteiger partial charge in [0.15, 0.2) is 0 Å². The molecule has 0 unspecified atom stereocenters. The van der Waals surface area contributed by atoms with Crippen molar-refractivity contribution in [2.75, 3.05) is 32.8 Å². The molecule has 0 spiro atoms. The fraction of sp³-hybridized carbons (Fsp3) is 0.444. The Morgan fingerprint density at radius 1 is 1.29 bits per heavy atom. The standard InChI is InChI=1S/C18H23N3O2S/c1-13-3-5-15(6-4-13)16(11-21-7-9-23-10-8-21)20-18(22)17-14(2)19-12-24-17/h3-6,12,16H,7-11H2,1-2H3,(H,20,22)/t16-/m1/s1. The smallest absolute Gasteiger partial charge is 0.263 e. The second kappa shape index (κ2) is 7.88. The van der Waals surface area contributed by atoms with E-state index in [9.17, 15) is 4.79 Å². The van der Waals surface area contributed by atoms with Crippen LogP contribution in [0.25, 0.3) is 0 Å². The minimum atomic E-state index is -0.0474. The third-order valence-corrected chi connectivity index (χ3v) is 5.21. The van der Waals surface area contributed by atoms with E-state index in [1.807, 2.05) is 6.92 Å². The van der Waals surface area contributed by atoms with Crippen molar-refractivity contribution in [2.45, 2.75) is 19.9 Å². The quantitative estimate of drug-likeness (QED) is 0.905. The van der Waals surface area contributed by atoms with Gasteiger partial charge in [-0.1, -0.05) is 29.8 Å². The van der Waals surface area contributed by atoms with Gasteiger partial charge < -0.3 is 10.1 Å². The molecule has 1 aliphatic rings. The molecule has 5 nitrogen and oxygen atoms in total. The van der Waals surface area contributed by atoms with Gasteiger partial charge >= 0.3 is 0 Å². The largest absolute Gasteiger partial charge is 0.379 e. The van der Waals surface area contributed by atoms with Crippen LogP contribution in [-0.4, -0.2) is 48.6 Å². The zero-order valence-electron chi connectivity index (χ0n) is 14.1. The van der Waals surface area contributed by atoms with Crippen molar-refractivity contribution < 1.29 is 9.53 Å². The van der Waals surface area contributed by atoms with Gasteiger partial charge in [0.1, 0.15) is 4.88 Å². The van der Waals surface area contributed by atoms with Crippen LogP contribution in [0.3, 0.4) is 0 Å². The molecule has 0 bridgehead atoms. The predicted octanol–water partition coefficient (Wildman–Crippen LogP) is 2.56. The Bertz CT molecular complexity index is 678. The molecule has 3 rings (SSSR count). The van der Waals surface area contributed by atoms with Crippen molar-refractivity contribution in [3.8, 4) is 0 Å². The lowest BCUT2D eigenvalue weighted by Crippen LogP contribution is -2.43. The van der Waals surface area contributed by atoms with Crippen LogP contribution < -0.4 is 5.32 Å². The van der Waals surface area contributed by atoms with Gasteiger partial charge in [0.25, 0.3) is 5.91 Å². The molecule has 1 aliphatic heterocycles. The van der Waals surface area contributed by atoms with E-state index in [1.54, 1.807) is 5.51 Å². The Labute approximate surface area is 146 Å². The maximum atomic E-state index is 12.6. The second-order valence-corrected chi connectivity index (χ2v) is 6.97. The van der Waals surface area contributed by atoms with E-state index in [1.165, 1.54) is 16.9 Å². The van der Waals surface area contributed by atoms with Gasteiger partial charge in [-0.3, -0.25) is 9.69 Å². The number of morpholine rings is 1. The first-order valence-corrected chi connectivity index (χ1v) is 9.09. The van der Waals surface area contributed by atoms with Gasteiger partial charge in [-0.15, -0.1) is 11.3 Å². The Morgan fingerprint density at radius 2 is 2.00 bits per heavy atom. The summed E-state index contributed by atoms with van der Waals surface area (Å²) in [4.78, 5) is 19.8. The highest BCUT2D eigenvalue weighted by molar-refractivity contribution is 7.11. The van der Waals surface area contributed by atoms with E-state index >= 15 is 0 Å². The number of ether oxygens (including phenoxy) is 1.